The van der Waals surface area contributed by atoms with E-state index in [2.05, 4.69) is 5.32 Å². The summed E-state index contributed by atoms with van der Waals surface area (Å²) in [7, 11) is -3.44. The molecule has 1 aromatic rings. The lowest BCUT2D eigenvalue weighted by molar-refractivity contribution is -0.113. The molecule has 0 bridgehead atoms. The Bertz CT molecular complexity index is 543. The molecular formula is C11H15FN2O3S. The number of halogens is 1. The first-order valence-electron chi connectivity index (χ1n) is 5.39. The van der Waals surface area contributed by atoms with Gasteiger partial charge in [0.05, 0.1) is 11.4 Å². The maximum Gasteiger partial charge on any atom is 0.239 e. The third-order valence-electron chi connectivity index (χ3n) is 2.13. The van der Waals surface area contributed by atoms with E-state index >= 15 is 0 Å². The minimum absolute atomic E-state index is 0.0696. The zero-order valence-electron chi connectivity index (χ0n) is 9.94. The van der Waals surface area contributed by atoms with Crippen molar-refractivity contribution in [2.24, 2.45) is 0 Å². The molecule has 1 aromatic carbocycles. The van der Waals surface area contributed by atoms with Crippen LogP contribution in [0.25, 0.3) is 0 Å². The topological polar surface area (TPSA) is 89.3 Å². The van der Waals surface area contributed by atoms with Crippen LogP contribution in [0, 0.1) is 5.82 Å². The number of carbonyl (C=O) groups is 1. The number of benzene rings is 1. The molecule has 0 aliphatic carbocycles. The molecule has 0 saturated carbocycles. The van der Waals surface area contributed by atoms with Crippen LogP contribution in [0.4, 0.5) is 15.8 Å². The van der Waals surface area contributed by atoms with Gasteiger partial charge in [-0.05, 0) is 24.6 Å². The molecule has 0 aromatic heterocycles. The fraction of sp³-hybridized carbons (Fsp3) is 0.364. The van der Waals surface area contributed by atoms with E-state index in [1.54, 1.807) is 6.92 Å². The fourth-order valence-electron chi connectivity index (χ4n) is 1.41. The molecule has 0 atom stereocenters. The number of carbonyl (C=O) groups excluding carboxylic acids is 1. The second kappa shape index (κ2) is 5.81. The predicted octanol–water partition coefficient (Wildman–Crippen LogP) is 1.17. The molecule has 0 unspecified atom stereocenters. The van der Waals surface area contributed by atoms with Crippen LogP contribution in [0.5, 0.6) is 0 Å². The molecule has 0 aliphatic rings. The van der Waals surface area contributed by atoms with Crippen molar-refractivity contribution < 1.29 is 17.6 Å². The van der Waals surface area contributed by atoms with Crippen molar-refractivity contribution >= 4 is 27.1 Å². The summed E-state index contributed by atoms with van der Waals surface area (Å²) in [6, 6.07) is 3.68. The van der Waals surface area contributed by atoms with E-state index in [1.807, 2.05) is 0 Å². The minimum Gasteiger partial charge on any atom is -0.399 e. The Morgan fingerprint density at radius 2 is 2.11 bits per heavy atom. The number of nitrogens with two attached hydrogens (primary N) is 1. The maximum absolute atomic E-state index is 13.3. The average molecular weight is 274 g/mol. The quantitative estimate of drug-likeness (QED) is 0.789. The van der Waals surface area contributed by atoms with Crippen molar-refractivity contribution in [1.82, 2.24) is 0 Å². The summed E-state index contributed by atoms with van der Waals surface area (Å²) in [6.45, 7) is 1.70. The molecule has 0 radical (unpaired) electrons. The number of nitrogen functional groups attached to an aromatic ring is 1. The summed E-state index contributed by atoms with van der Waals surface area (Å²) in [6.07, 6.45) is 0.433. The molecule has 0 heterocycles. The summed E-state index contributed by atoms with van der Waals surface area (Å²) in [5.41, 5.74) is 5.60. The molecule has 7 heteroatoms. The SMILES string of the molecule is CCCS(=O)(=O)CC(=O)Nc1cc(N)ccc1F. The Kier molecular flexibility index (Phi) is 4.66. The highest BCUT2D eigenvalue weighted by atomic mass is 32.2. The average Bonchev–Trinajstić information content (AvgIpc) is 2.22. The van der Waals surface area contributed by atoms with E-state index in [1.165, 1.54) is 12.1 Å². The maximum atomic E-state index is 13.3. The predicted molar refractivity (Wildman–Crippen MR) is 68.4 cm³/mol. The molecule has 5 nitrogen and oxygen atoms in total. The number of sulfone groups is 1. The van der Waals surface area contributed by atoms with E-state index in [0.29, 0.717) is 6.42 Å². The Labute approximate surface area is 105 Å². The second-order valence-corrected chi connectivity index (χ2v) is 6.06. The van der Waals surface area contributed by atoms with Crippen molar-refractivity contribution in [1.29, 1.82) is 0 Å². The van der Waals surface area contributed by atoms with Crippen molar-refractivity contribution in [3.63, 3.8) is 0 Å². The number of hydrogen-bond donors (Lipinski definition) is 2. The summed E-state index contributed by atoms with van der Waals surface area (Å²) >= 11 is 0. The summed E-state index contributed by atoms with van der Waals surface area (Å²) in [4.78, 5) is 11.5. The van der Waals surface area contributed by atoms with E-state index in [-0.39, 0.29) is 17.1 Å². The summed E-state index contributed by atoms with van der Waals surface area (Å²) < 4.78 is 36.1. The zero-order valence-corrected chi connectivity index (χ0v) is 10.8. The Balaban J connectivity index is 2.74. The van der Waals surface area contributed by atoms with E-state index < -0.39 is 27.3 Å². The van der Waals surface area contributed by atoms with Gasteiger partial charge < -0.3 is 11.1 Å². The Morgan fingerprint density at radius 1 is 1.44 bits per heavy atom. The highest BCUT2D eigenvalue weighted by Gasteiger charge is 2.16. The Morgan fingerprint density at radius 3 is 2.72 bits per heavy atom. The van der Waals surface area contributed by atoms with Gasteiger partial charge in [-0.2, -0.15) is 0 Å². The standard InChI is InChI=1S/C11H15FN2O3S/c1-2-5-18(16,17)7-11(15)14-10-6-8(13)3-4-9(10)12/h3-4,6H,2,5,7,13H2,1H3,(H,14,15). The lowest BCUT2D eigenvalue weighted by Crippen LogP contribution is -2.25. The molecule has 0 spiro atoms. The smallest absolute Gasteiger partial charge is 0.239 e. The highest BCUT2D eigenvalue weighted by Crippen LogP contribution is 2.17. The molecule has 1 amide bonds. The lowest BCUT2D eigenvalue weighted by Gasteiger charge is -2.07. The van der Waals surface area contributed by atoms with Gasteiger partial charge >= 0.3 is 0 Å². The molecule has 0 fully saturated rings. The van der Waals surface area contributed by atoms with E-state index in [9.17, 15) is 17.6 Å². The van der Waals surface area contributed by atoms with Crippen LogP contribution in [-0.4, -0.2) is 25.8 Å². The lowest BCUT2D eigenvalue weighted by atomic mass is 10.2. The molecule has 3 N–H and O–H groups in total. The molecule has 1 rings (SSSR count). The first kappa shape index (κ1) is 14.4. The Hall–Kier alpha value is -1.63. The number of amides is 1. The largest absolute Gasteiger partial charge is 0.399 e. The van der Waals surface area contributed by atoms with Gasteiger partial charge in [-0.15, -0.1) is 0 Å². The zero-order chi connectivity index (χ0) is 13.8. The van der Waals surface area contributed by atoms with Crippen LogP contribution >= 0.6 is 0 Å². The van der Waals surface area contributed by atoms with Crippen LogP contribution in [-0.2, 0) is 14.6 Å². The molecular weight excluding hydrogens is 259 g/mol. The summed E-state index contributed by atoms with van der Waals surface area (Å²) in [5.74, 6) is -2.16. The van der Waals surface area contributed by atoms with Gasteiger partial charge in [-0.3, -0.25) is 4.79 Å². The normalized spacial score (nSPS) is 11.2. The van der Waals surface area contributed by atoms with Gasteiger partial charge in [0.1, 0.15) is 11.6 Å². The van der Waals surface area contributed by atoms with Gasteiger partial charge in [-0.1, -0.05) is 6.92 Å². The highest BCUT2D eigenvalue weighted by molar-refractivity contribution is 7.92. The van der Waals surface area contributed by atoms with Crippen LogP contribution in [0.3, 0.4) is 0 Å². The first-order chi connectivity index (χ1) is 8.34. The van der Waals surface area contributed by atoms with Gasteiger partial charge in [0.2, 0.25) is 5.91 Å². The van der Waals surface area contributed by atoms with E-state index in [4.69, 9.17) is 5.73 Å². The first-order valence-corrected chi connectivity index (χ1v) is 7.21. The van der Waals surface area contributed by atoms with Crippen molar-refractivity contribution in [2.45, 2.75) is 13.3 Å². The van der Waals surface area contributed by atoms with Gasteiger partial charge in [0.25, 0.3) is 0 Å². The third-order valence-corrected chi connectivity index (χ3v) is 3.86. The van der Waals surface area contributed by atoms with Crippen molar-refractivity contribution in [3.8, 4) is 0 Å². The van der Waals surface area contributed by atoms with Gasteiger partial charge in [-0.25, -0.2) is 12.8 Å². The van der Waals surface area contributed by atoms with Gasteiger partial charge in [0, 0.05) is 5.69 Å². The number of hydrogen-bond acceptors (Lipinski definition) is 4. The van der Waals surface area contributed by atoms with Crippen LogP contribution in [0.1, 0.15) is 13.3 Å². The van der Waals surface area contributed by atoms with Gasteiger partial charge in [0.15, 0.2) is 9.84 Å². The third kappa shape index (κ3) is 4.33. The minimum atomic E-state index is -3.44. The van der Waals surface area contributed by atoms with Crippen molar-refractivity contribution in [2.75, 3.05) is 22.6 Å². The molecule has 0 aliphatic heterocycles. The molecule has 18 heavy (non-hydrogen) atoms. The van der Waals surface area contributed by atoms with Crippen LogP contribution in [0.15, 0.2) is 18.2 Å². The second-order valence-electron chi connectivity index (χ2n) is 3.88. The fourth-order valence-corrected chi connectivity index (χ4v) is 2.65. The molecule has 0 saturated heterocycles. The number of anilines is 2. The molecule has 100 valence electrons. The van der Waals surface area contributed by atoms with Crippen LogP contribution in [0.2, 0.25) is 0 Å². The number of nitrogens with one attached hydrogen (secondary N) is 1. The summed E-state index contributed by atoms with van der Waals surface area (Å²) in [5, 5.41) is 2.19. The number of rotatable bonds is 5. The monoisotopic (exact) mass is 274 g/mol. The van der Waals surface area contributed by atoms with Crippen LogP contribution < -0.4 is 11.1 Å². The van der Waals surface area contributed by atoms with E-state index in [0.717, 1.165) is 6.07 Å². The van der Waals surface area contributed by atoms with Crippen molar-refractivity contribution in [3.05, 3.63) is 24.0 Å².